The monoisotopic (exact) mass is 314 g/mol. The molecule has 1 aliphatic heterocycles. The molecule has 1 aromatic rings. The minimum atomic E-state index is 0. The van der Waals surface area contributed by atoms with E-state index in [1.165, 1.54) is 0 Å². The maximum atomic E-state index is 12.7. The van der Waals surface area contributed by atoms with Crippen LogP contribution >= 0.6 is 12.4 Å². The fraction of sp³-hybridized carbons (Fsp3) is 0.533. The third-order valence-electron chi connectivity index (χ3n) is 3.87. The molecule has 2 rings (SSSR count). The summed E-state index contributed by atoms with van der Waals surface area (Å²) in [6.45, 7) is 3.19. The molecule has 0 aromatic heterocycles. The molecule has 1 aromatic carbocycles. The number of benzene rings is 1. The second-order valence-corrected chi connectivity index (χ2v) is 5.05. The second-order valence-electron chi connectivity index (χ2n) is 5.05. The highest BCUT2D eigenvalue weighted by molar-refractivity contribution is 5.96. The van der Waals surface area contributed by atoms with Gasteiger partial charge < -0.3 is 20.1 Å². The molecule has 6 heteroatoms. The summed E-state index contributed by atoms with van der Waals surface area (Å²) in [5, 5.41) is 0. The average Bonchev–Trinajstić information content (AvgIpc) is 2.94. The number of aryl methyl sites for hydroxylation is 1. The highest BCUT2D eigenvalue weighted by Crippen LogP contribution is 2.31. The molecule has 0 aliphatic carbocycles. The van der Waals surface area contributed by atoms with Gasteiger partial charge in [0, 0.05) is 24.7 Å². The van der Waals surface area contributed by atoms with E-state index in [-0.39, 0.29) is 24.4 Å². The quantitative estimate of drug-likeness (QED) is 0.923. The first-order valence-corrected chi connectivity index (χ1v) is 6.86. The first-order chi connectivity index (χ1) is 9.62. The normalized spacial score (nSPS) is 17.3. The summed E-state index contributed by atoms with van der Waals surface area (Å²) in [6.07, 6.45) is 1.99. The maximum absolute atomic E-state index is 12.7. The maximum Gasteiger partial charge on any atom is 0.254 e. The van der Waals surface area contributed by atoms with Gasteiger partial charge in [0.15, 0.2) is 11.5 Å². The van der Waals surface area contributed by atoms with E-state index in [9.17, 15) is 4.79 Å². The van der Waals surface area contributed by atoms with Crippen LogP contribution in [0, 0.1) is 6.92 Å². The third kappa shape index (κ3) is 3.41. The number of rotatable bonds is 4. The van der Waals surface area contributed by atoms with Gasteiger partial charge in [0.25, 0.3) is 5.91 Å². The molecule has 1 aliphatic rings. The van der Waals surface area contributed by atoms with Crippen molar-refractivity contribution in [1.82, 2.24) is 4.90 Å². The molecule has 118 valence electrons. The molecule has 2 N–H and O–H groups in total. The fourth-order valence-corrected chi connectivity index (χ4v) is 2.71. The SMILES string of the molecule is COc1cc(C)c(C(=O)N2CCCC2CN)cc1OC.Cl. The number of carbonyl (C=O) groups excluding carboxylic acids is 1. The number of amides is 1. The van der Waals surface area contributed by atoms with E-state index < -0.39 is 0 Å². The van der Waals surface area contributed by atoms with Gasteiger partial charge in [-0.1, -0.05) is 0 Å². The summed E-state index contributed by atoms with van der Waals surface area (Å²) in [5.74, 6) is 1.24. The standard InChI is InChI=1S/C15H22N2O3.ClH/c1-10-7-13(19-2)14(20-3)8-12(10)15(18)17-6-4-5-11(17)9-16;/h7-8,11H,4-6,9,16H2,1-3H3;1H. The average molecular weight is 315 g/mol. The Morgan fingerprint density at radius 3 is 2.52 bits per heavy atom. The largest absolute Gasteiger partial charge is 0.493 e. The van der Waals surface area contributed by atoms with Crippen LogP contribution in [0.2, 0.25) is 0 Å². The van der Waals surface area contributed by atoms with E-state index in [0.717, 1.165) is 24.9 Å². The van der Waals surface area contributed by atoms with Gasteiger partial charge in [-0.3, -0.25) is 4.79 Å². The molecule has 0 saturated carbocycles. The molecule has 0 bridgehead atoms. The van der Waals surface area contributed by atoms with Gasteiger partial charge in [0.2, 0.25) is 0 Å². The molecule has 1 heterocycles. The molecule has 1 unspecified atom stereocenters. The van der Waals surface area contributed by atoms with Crippen LogP contribution in [0.1, 0.15) is 28.8 Å². The number of halogens is 1. The van der Waals surface area contributed by atoms with Crippen LogP contribution in [0.25, 0.3) is 0 Å². The van der Waals surface area contributed by atoms with Crippen molar-refractivity contribution in [2.24, 2.45) is 5.73 Å². The summed E-state index contributed by atoms with van der Waals surface area (Å²) in [5.41, 5.74) is 7.28. The lowest BCUT2D eigenvalue weighted by molar-refractivity contribution is 0.0740. The zero-order valence-electron chi connectivity index (χ0n) is 12.7. The number of nitrogens with zero attached hydrogens (tertiary/aromatic N) is 1. The summed E-state index contributed by atoms with van der Waals surface area (Å²) < 4.78 is 10.5. The Morgan fingerprint density at radius 2 is 1.95 bits per heavy atom. The molecule has 1 saturated heterocycles. The number of nitrogens with two attached hydrogens (primary N) is 1. The Kier molecular flexibility index (Phi) is 6.30. The highest BCUT2D eigenvalue weighted by atomic mass is 35.5. The van der Waals surface area contributed by atoms with Gasteiger partial charge in [-0.05, 0) is 37.5 Å². The zero-order valence-corrected chi connectivity index (χ0v) is 13.5. The lowest BCUT2D eigenvalue weighted by atomic mass is 10.1. The second kappa shape index (κ2) is 7.52. The molecule has 1 amide bonds. The minimum absolute atomic E-state index is 0. The van der Waals surface area contributed by atoms with Crippen molar-refractivity contribution in [1.29, 1.82) is 0 Å². The van der Waals surface area contributed by atoms with Gasteiger partial charge >= 0.3 is 0 Å². The molecule has 0 radical (unpaired) electrons. The predicted molar refractivity (Wildman–Crippen MR) is 84.6 cm³/mol. The number of likely N-dealkylation sites (tertiary alicyclic amines) is 1. The van der Waals surface area contributed by atoms with Crippen LogP contribution in [0.3, 0.4) is 0 Å². The van der Waals surface area contributed by atoms with E-state index in [1.54, 1.807) is 20.3 Å². The van der Waals surface area contributed by atoms with E-state index in [1.807, 2.05) is 17.9 Å². The van der Waals surface area contributed by atoms with Crippen molar-refractivity contribution in [3.05, 3.63) is 23.3 Å². The summed E-state index contributed by atoms with van der Waals surface area (Å²) in [4.78, 5) is 14.5. The Labute approximate surface area is 131 Å². The van der Waals surface area contributed by atoms with Crippen LogP contribution < -0.4 is 15.2 Å². The van der Waals surface area contributed by atoms with Crippen molar-refractivity contribution in [3.63, 3.8) is 0 Å². The van der Waals surface area contributed by atoms with E-state index in [0.29, 0.717) is 23.6 Å². The van der Waals surface area contributed by atoms with Crippen LogP contribution in [0.4, 0.5) is 0 Å². The first kappa shape index (κ1) is 17.6. The smallest absolute Gasteiger partial charge is 0.254 e. The molecule has 5 nitrogen and oxygen atoms in total. The number of carbonyl (C=O) groups is 1. The third-order valence-corrected chi connectivity index (χ3v) is 3.87. The summed E-state index contributed by atoms with van der Waals surface area (Å²) >= 11 is 0. The van der Waals surface area contributed by atoms with Gasteiger partial charge in [0.1, 0.15) is 0 Å². The Hall–Kier alpha value is -1.46. The van der Waals surface area contributed by atoms with Gasteiger partial charge in [-0.25, -0.2) is 0 Å². The highest BCUT2D eigenvalue weighted by Gasteiger charge is 2.29. The van der Waals surface area contributed by atoms with E-state index in [4.69, 9.17) is 15.2 Å². The van der Waals surface area contributed by atoms with Crippen molar-refractivity contribution >= 4 is 18.3 Å². The lowest BCUT2D eigenvalue weighted by Gasteiger charge is -2.24. The van der Waals surface area contributed by atoms with Crippen molar-refractivity contribution in [2.45, 2.75) is 25.8 Å². The van der Waals surface area contributed by atoms with E-state index >= 15 is 0 Å². The lowest BCUT2D eigenvalue weighted by Crippen LogP contribution is -2.40. The van der Waals surface area contributed by atoms with E-state index in [2.05, 4.69) is 0 Å². The number of hydrogen-bond donors (Lipinski definition) is 1. The molecule has 0 spiro atoms. The van der Waals surface area contributed by atoms with Crippen LogP contribution in [0.15, 0.2) is 12.1 Å². The van der Waals surface area contributed by atoms with Crippen molar-refractivity contribution in [3.8, 4) is 11.5 Å². The minimum Gasteiger partial charge on any atom is -0.493 e. The molecule has 1 atom stereocenters. The zero-order chi connectivity index (χ0) is 14.7. The Bertz CT molecular complexity index is 508. The topological polar surface area (TPSA) is 64.8 Å². The van der Waals surface area contributed by atoms with Gasteiger partial charge in [0.05, 0.1) is 14.2 Å². The fourth-order valence-electron chi connectivity index (χ4n) is 2.71. The molecule has 21 heavy (non-hydrogen) atoms. The number of hydrogen-bond acceptors (Lipinski definition) is 4. The number of methoxy groups -OCH3 is 2. The van der Waals surface area contributed by atoms with Crippen molar-refractivity contribution in [2.75, 3.05) is 27.3 Å². The number of ether oxygens (including phenoxy) is 2. The Balaban J connectivity index is 0.00000220. The summed E-state index contributed by atoms with van der Waals surface area (Å²) in [6, 6.07) is 3.73. The van der Waals surface area contributed by atoms with Crippen LogP contribution in [-0.4, -0.2) is 44.2 Å². The van der Waals surface area contributed by atoms with Crippen LogP contribution in [-0.2, 0) is 0 Å². The summed E-state index contributed by atoms with van der Waals surface area (Å²) in [7, 11) is 3.16. The van der Waals surface area contributed by atoms with Gasteiger partial charge in [-0.2, -0.15) is 0 Å². The first-order valence-electron chi connectivity index (χ1n) is 6.86. The molecular weight excluding hydrogens is 292 g/mol. The molecule has 1 fully saturated rings. The predicted octanol–water partition coefficient (Wildman–Crippen LogP) is 2.00. The Morgan fingerprint density at radius 1 is 1.33 bits per heavy atom. The van der Waals surface area contributed by atoms with Crippen LogP contribution in [0.5, 0.6) is 11.5 Å². The van der Waals surface area contributed by atoms with Gasteiger partial charge in [-0.15, -0.1) is 12.4 Å². The molecular formula is C15H23ClN2O3. The van der Waals surface area contributed by atoms with Crippen molar-refractivity contribution < 1.29 is 14.3 Å².